The van der Waals surface area contributed by atoms with E-state index in [1.54, 1.807) is 14.1 Å². The maximum Gasteiger partial charge on any atom is 0.410 e. The topological polar surface area (TPSA) is 99.5 Å². The number of likely N-dealkylation sites (N-methyl/N-ethyl adjacent to an activating group) is 2. The lowest BCUT2D eigenvalue weighted by molar-refractivity contribution is -0.0636. The Labute approximate surface area is 188 Å². The molecule has 172 valence electrons. The summed E-state index contributed by atoms with van der Waals surface area (Å²) < 4.78 is 10.8. The van der Waals surface area contributed by atoms with Crippen molar-refractivity contribution in [1.82, 2.24) is 9.80 Å². The lowest BCUT2D eigenvalue weighted by Crippen LogP contribution is -2.59. The van der Waals surface area contributed by atoms with Crippen molar-refractivity contribution >= 4 is 12.2 Å². The lowest BCUT2D eigenvalue weighted by atomic mass is 9.84. The SMILES string of the molecule is CN(C(=O)OCc1ccccc1)[C@@H]1C[C@H](O)[C@H](O)C[C@@H]1N(C)C(=O)OCc1ccccc1. The van der Waals surface area contributed by atoms with E-state index >= 15 is 0 Å². The van der Waals surface area contributed by atoms with Crippen molar-refractivity contribution in [2.24, 2.45) is 0 Å². The van der Waals surface area contributed by atoms with E-state index in [-0.39, 0.29) is 26.1 Å². The zero-order valence-corrected chi connectivity index (χ0v) is 18.3. The molecule has 2 aromatic carbocycles. The summed E-state index contributed by atoms with van der Waals surface area (Å²) in [6, 6.07) is 17.5. The van der Waals surface area contributed by atoms with Gasteiger partial charge in [0.1, 0.15) is 13.2 Å². The van der Waals surface area contributed by atoms with Gasteiger partial charge in [-0.25, -0.2) is 9.59 Å². The number of hydrogen-bond acceptors (Lipinski definition) is 6. The van der Waals surface area contributed by atoms with E-state index in [2.05, 4.69) is 0 Å². The Hall–Kier alpha value is -3.10. The molecule has 0 heterocycles. The Morgan fingerprint density at radius 2 is 1.09 bits per heavy atom. The predicted octanol–water partition coefficient (Wildman–Crippen LogP) is 2.78. The quantitative estimate of drug-likeness (QED) is 0.714. The zero-order valence-electron chi connectivity index (χ0n) is 18.3. The van der Waals surface area contributed by atoms with Crippen molar-refractivity contribution in [3.05, 3.63) is 71.8 Å². The highest BCUT2D eigenvalue weighted by Crippen LogP contribution is 2.28. The van der Waals surface area contributed by atoms with Gasteiger partial charge in [-0.1, -0.05) is 60.7 Å². The fourth-order valence-corrected chi connectivity index (χ4v) is 3.87. The summed E-state index contributed by atoms with van der Waals surface area (Å²) in [6.45, 7) is 0.225. The van der Waals surface area contributed by atoms with E-state index in [9.17, 15) is 19.8 Å². The first kappa shape index (κ1) is 23.6. The highest BCUT2D eigenvalue weighted by atomic mass is 16.6. The fraction of sp³-hybridized carbons (Fsp3) is 0.417. The third-order valence-electron chi connectivity index (χ3n) is 5.84. The number of carbonyl (C=O) groups is 2. The van der Waals surface area contributed by atoms with E-state index in [4.69, 9.17) is 9.47 Å². The number of benzene rings is 2. The maximum absolute atomic E-state index is 12.7. The van der Waals surface area contributed by atoms with Crippen LogP contribution in [0.25, 0.3) is 0 Å². The number of rotatable bonds is 6. The molecular formula is C24H30N2O6. The molecule has 32 heavy (non-hydrogen) atoms. The summed E-state index contributed by atoms with van der Waals surface area (Å²) in [5.74, 6) is 0. The molecule has 1 aliphatic carbocycles. The van der Waals surface area contributed by atoms with Crippen molar-refractivity contribution in [3.8, 4) is 0 Å². The molecular weight excluding hydrogens is 412 g/mol. The summed E-state index contributed by atoms with van der Waals surface area (Å²) in [7, 11) is 3.14. The molecule has 2 aromatic rings. The van der Waals surface area contributed by atoms with Gasteiger partial charge >= 0.3 is 12.2 Å². The minimum Gasteiger partial charge on any atom is -0.445 e. The Morgan fingerprint density at radius 1 is 0.750 bits per heavy atom. The molecule has 2 N–H and O–H groups in total. The molecule has 8 nitrogen and oxygen atoms in total. The predicted molar refractivity (Wildman–Crippen MR) is 118 cm³/mol. The molecule has 0 aromatic heterocycles. The highest BCUT2D eigenvalue weighted by molar-refractivity contribution is 5.69. The molecule has 1 fully saturated rings. The van der Waals surface area contributed by atoms with Crippen LogP contribution in [0.3, 0.4) is 0 Å². The van der Waals surface area contributed by atoms with Crippen molar-refractivity contribution in [2.45, 2.75) is 50.3 Å². The first-order chi connectivity index (χ1) is 15.4. The minimum absolute atomic E-state index is 0.110. The van der Waals surface area contributed by atoms with Gasteiger partial charge in [0.25, 0.3) is 0 Å². The van der Waals surface area contributed by atoms with Gasteiger partial charge in [0.05, 0.1) is 24.3 Å². The second-order valence-corrected chi connectivity index (χ2v) is 8.04. The molecule has 0 radical (unpaired) electrons. The van der Waals surface area contributed by atoms with Crippen LogP contribution >= 0.6 is 0 Å². The highest BCUT2D eigenvalue weighted by Gasteiger charge is 2.43. The van der Waals surface area contributed by atoms with Gasteiger partial charge in [0, 0.05) is 14.1 Å². The van der Waals surface area contributed by atoms with Crippen LogP contribution in [-0.4, -0.2) is 70.6 Å². The number of aliphatic hydroxyl groups excluding tert-OH is 2. The van der Waals surface area contributed by atoms with Crippen molar-refractivity contribution in [3.63, 3.8) is 0 Å². The standard InChI is InChI=1S/C24H30N2O6/c1-25(23(29)31-15-17-9-5-3-6-10-17)19-13-21(27)22(28)14-20(19)26(2)24(30)32-16-18-11-7-4-8-12-18/h3-12,19-22,27-28H,13-16H2,1-2H3/t19-,20+,21+,22-. The maximum atomic E-state index is 12.7. The van der Waals surface area contributed by atoms with Gasteiger partial charge in [-0.15, -0.1) is 0 Å². The molecule has 1 aliphatic rings. The van der Waals surface area contributed by atoms with Gasteiger partial charge in [-0.2, -0.15) is 0 Å². The molecule has 0 saturated heterocycles. The van der Waals surface area contributed by atoms with Crippen LogP contribution in [0.1, 0.15) is 24.0 Å². The van der Waals surface area contributed by atoms with Crippen LogP contribution in [-0.2, 0) is 22.7 Å². The van der Waals surface area contributed by atoms with E-state index in [1.165, 1.54) is 9.80 Å². The smallest absolute Gasteiger partial charge is 0.410 e. The Kier molecular flexibility index (Phi) is 8.08. The van der Waals surface area contributed by atoms with Gasteiger partial charge < -0.3 is 29.5 Å². The number of ether oxygens (including phenoxy) is 2. The Balaban J connectivity index is 1.64. The molecule has 0 aliphatic heterocycles. The summed E-state index contributed by atoms with van der Waals surface area (Å²) in [4.78, 5) is 28.1. The molecule has 0 spiro atoms. The number of amides is 2. The molecule has 3 rings (SSSR count). The largest absolute Gasteiger partial charge is 0.445 e. The second kappa shape index (κ2) is 11.0. The average molecular weight is 443 g/mol. The van der Waals surface area contributed by atoms with E-state index < -0.39 is 36.5 Å². The van der Waals surface area contributed by atoms with Crippen molar-refractivity contribution in [1.29, 1.82) is 0 Å². The van der Waals surface area contributed by atoms with Gasteiger partial charge in [-0.05, 0) is 24.0 Å². The minimum atomic E-state index is -1.01. The zero-order chi connectivity index (χ0) is 23.1. The Bertz CT molecular complexity index is 805. The van der Waals surface area contributed by atoms with Gasteiger partial charge in [0.15, 0.2) is 0 Å². The number of hydrogen-bond donors (Lipinski definition) is 2. The summed E-state index contributed by atoms with van der Waals surface area (Å²) in [6.07, 6.45) is -2.93. The monoisotopic (exact) mass is 442 g/mol. The van der Waals surface area contributed by atoms with Crippen molar-refractivity contribution in [2.75, 3.05) is 14.1 Å². The van der Waals surface area contributed by atoms with Crippen molar-refractivity contribution < 1.29 is 29.3 Å². The number of carbonyl (C=O) groups excluding carboxylic acids is 2. The fourth-order valence-electron chi connectivity index (χ4n) is 3.87. The normalized spacial score (nSPS) is 22.6. The van der Waals surface area contributed by atoms with Gasteiger partial charge in [0.2, 0.25) is 0 Å². The molecule has 8 heteroatoms. The average Bonchev–Trinajstić information content (AvgIpc) is 2.82. The van der Waals surface area contributed by atoms with E-state index in [1.807, 2.05) is 60.7 Å². The summed E-state index contributed by atoms with van der Waals surface area (Å²) >= 11 is 0. The van der Waals surface area contributed by atoms with E-state index in [0.717, 1.165) is 11.1 Å². The van der Waals surface area contributed by atoms with Crippen LogP contribution in [0, 0.1) is 0 Å². The molecule has 1 saturated carbocycles. The first-order valence-electron chi connectivity index (χ1n) is 10.6. The van der Waals surface area contributed by atoms with Crippen LogP contribution in [0.2, 0.25) is 0 Å². The molecule has 0 bridgehead atoms. The molecule has 0 unspecified atom stereocenters. The third-order valence-corrected chi connectivity index (χ3v) is 5.84. The summed E-state index contributed by atoms with van der Waals surface area (Å²) in [5, 5.41) is 20.4. The van der Waals surface area contributed by atoms with Gasteiger partial charge in [-0.3, -0.25) is 0 Å². The molecule has 4 atom stereocenters. The number of aliphatic hydroxyl groups is 2. The lowest BCUT2D eigenvalue weighted by Gasteiger charge is -2.44. The van der Waals surface area contributed by atoms with Crippen LogP contribution in [0.4, 0.5) is 9.59 Å². The van der Waals surface area contributed by atoms with Crippen LogP contribution in [0.15, 0.2) is 60.7 Å². The van der Waals surface area contributed by atoms with E-state index in [0.29, 0.717) is 0 Å². The third kappa shape index (κ3) is 5.99. The second-order valence-electron chi connectivity index (χ2n) is 8.04. The Morgan fingerprint density at radius 3 is 1.44 bits per heavy atom. The van der Waals surface area contributed by atoms with Crippen LogP contribution < -0.4 is 0 Å². The first-order valence-corrected chi connectivity index (χ1v) is 10.6. The number of nitrogens with zero attached hydrogens (tertiary/aromatic N) is 2. The summed E-state index contributed by atoms with van der Waals surface area (Å²) in [5.41, 5.74) is 1.71. The molecule has 2 amide bonds. The van der Waals surface area contributed by atoms with Crippen LogP contribution in [0.5, 0.6) is 0 Å².